The Hall–Kier alpha value is -0.980. The molecule has 6 heteroatoms. The fourth-order valence-electron chi connectivity index (χ4n) is 2.47. The number of thiazole rings is 1. The molecule has 0 aromatic carbocycles. The van der Waals surface area contributed by atoms with Crippen molar-refractivity contribution >= 4 is 22.2 Å². The summed E-state index contributed by atoms with van der Waals surface area (Å²) >= 11 is 1.42. The lowest BCUT2D eigenvalue weighted by molar-refractivity contribution is -0.126. The molecule has 0 unspecified atom stereocenters. The van der Waals surface area contributed by atoms with Crippen LogP contribution in [-0.4, -0.2) is 36.8 Å². The third-order valence-corrected chi connectivity index (χ3v) is 4.04. The Morgan fingerprint density at radius 1 is 1.53 bits per heavy atom. The number of hydrogen-bond acceptors (Lipinski definition) is 5. The molecule has 0 radical (unpaired) electrons. The van der Waals surface area contributed by atoms with E-state index in [4.69, 9.17) is 9.47 Å². The van der Waals surface area contributed by atoms with Crippen LogP contribution in [0.3, 0.4) is 0 Å². The van der Waals surface area contributed by atoms with Gasteiger partial charge in [0.2, 0.25) is 0 Å². The molecule has 5 nitrogen and oxygen atoms in total. The van der Waals surface area contributed by atoms with Crippen molar-refractivity contribution in [1.82, 2.24) is 4.98 Å². The largest absolute Gasteiger partial charge is 0.381 e. The molecule has 0 spiro atoms. The molecule has 2 aliphatic rings. The van der Waals surface area contributed by atoms with Crippen LogP contribution >= 0.6 is 11.3 Å². The highest BCUT2D eigenvalue weighted by atomic mass is 32.1. The SMILES string of the molecule is O=C(Nc1cncs1)[C@@H]1OC[C@@H]2COCC[C@@H]21. The van der Waals surface area contributed by atoms with Crippen molar-refractivity contribution < 1.29 is 14.3 Å². The Morgan fingerprint density at radius 3 is 3.29 bits per heavy atom. The zero-order valence-electron chi connectivity index (χ0n) is 9.30. The number of amides is 1. The number of ether oxygens (including phenoxy) is 2. The topological polar surface area (TPSA) is 60.5 Å². The van der Waals surface area contributed by atoms with E-state index < -0.39 is 0 Å². The van der Waals surface area contributed by atoms with Gasteiger partial charge in [0.15, 0.2) is 0 Å². The number of nitrogens with zero attached hydrogens (tertiary/aromatic N) is 1. The first-order chi connectivity index (χ1) is 8.34. The smallest absolute Gasteiger partial charge is 0.254 e. The van der Waals surface area contributed by atoms with Crippen LogP contribution < -0.4 is 5.32 Å². The van der Waals surface area contributed by atoms with E-state index >= 15 is 0 Å². The Bertz CT molecular complexity index is 395. The molecular formula is C11H14N2O3S. The van der Waals surface area contributed by atoms with Crippen molar-refractivity contribution in [1.29, 1.82) is 0 Å². The van der Waals surface area contributed by atoms with Crippen LogP contribution in [0.1, 0.15) is 6.42 Å². The third kappa shape index (κ3) is 2.20. The molecule has 0 bridgehead atoms. The molecule has 3 atom stereocenters. The van der Waals surface area contributed by atoms with Crippen LogP contribution in [0.25, 0.3) is 0 Å². The summed E-state index contributed by atoms with van der Waals surface area (Å²) in [6.07, 6.45) is 2.23. The van der Waals surface area contributed by atoms with E-state index in [2.05, 4.69) is 10.3 Å². The Labute approximate surface area is 103 Å². The second-order valence-corrected chi connectivity index (χ2v) is 5.28. The van der Waals surface area contributed by atoms with Crippen LogP contribution in [0, 0.1) is 11.8 Å². The monoisotopic (exact) mass is 254 g/mol. The molecule has 2 fully saturated rings. The van der Waals surface area contributed by atoms with Crippen LogP contribution in [0.5, 0.6) is 0 Å². The van der Waals surface area contributed by atoms with Crippen molar-refractivity contribution in [3.05, 3.63) is 11.7 Å². The first kappa shape index (κ1) is 11.1. The lowest BCUT2D eigenvalue weighted by Crippen LogP contribution is -2.37. The van der Waals surface area contributed by atoms with Gasteiger partial charge in [-0.1, -0.05) is 0 Å². The van der Waals surface area contributed by atoms with Crippen LogP contribution in [0.15, 0.2) is 11.7 Å². The molecule has 3 heterocycles. The predicted octanol–water partition coefficient (Wildman–Crippen LogP) is 1.13. The van der Waals surface area contributed by atoms with Gasteiger partial charge in [0.25, 0.3) is 5.91 Å². The van der Waals surface area contributed by atoms with Crippen LogP contribution in [-0.2, 0) is 14.3 Å². The van der Waals surface area contributed by atoms with Crippen LogP contribution in [0.4, 0.5) is 5.00 Å². The molecule has 3 rings (SSSR count). The average Bonchev–Trinajstić information content (AvgIpc) is 2.96. The summed E-state index contributed by atoms with van der Waals surface area (Å²) in [5, 5.41) is 3.62. The summed E-state index contributed by atoms with van der Waals surface area (Å²) in [7, 11) is 0. The summed E-state index contributed by atoms with van der Waals surface area (Å²) in [5.74, 6) is 0.626. The van der Waals surface area contributed by atoms with Gasteiger partial charge in [-0.15, -0.1) is 11.3 Å². The molecule has 0 saturated carbocycles. The minimum absolute atomic E-state index is 0.0522. The number of carbonyl (C=O) groups is 1. The normalized spacial score (nSPS) is 32.1. The van der Waals surface area contributed by atoms with Gasteiger partial charge in [-0.2, -0.15) is 0 Å². The maximum Gasteiger partial charge on any atom is 0.254 e. The summed E-state index contributed by atoms with van der Waals surface area (Å²) < 4.78 is 11.0. The van der Waals surface area contributed by atoms with Crippen molar-refractivity contribution in [2.24, 2.45) is 11.8 Å². The molecule has 17 heavy (non-hydrogen) atoms. The van der Waals surface area contributed by atoms with E-state index in [0.29, 0.717) is 18.4 Å². The number of anilines is 1. The van der Waals surface area contributed by atoms with Gasteiger partial charge in [-0.3, -0.25) is 9.78 Å². The fraction of sp³-hybridized carbons (Fsp3) is 0.636. The molecule has 1 aromatic heterocycles. The maximum absolute atomic E-state index is 12.1. The van der Waals surface area contributed by atoms with Gasteiger partial charge < -0.3 is 14.8 Å². The first-order valence-electron chi connectivity index (χ1n) is 5.73. The molecule has 1 amide bonds. The molecule has 1 N–H and O–H groups in total. The summed E-state index contributed by atoms with van der Waals surface area (Å²) in [6.45, 7) is 2.08. The number of aromatic nitrogens is 1. The molecule has 2 saturated heterocycles. The van der Waals surface area contributed by atoms with E-state index in [1.165, 1.54) is 11.3 Å². The highest BCUT2D eigenvalue weighted by molar-refractivity contribution is 7.13. The van der Waals surface area contributed by atoms with Gasteiger partial charge in [-0.25, -0.2) is 0 Å². The highest BCUT2D eigenvalue weighted by Crippen LogP contribution is 2.34. The van der Waals surface area contributed by atoms with Gasteiger partial charge in [-0.05, 0) is 6.42 Å². The number of rotatable bonds is 2. The number of nitrogens with one attached hydrogen (secondary N) is 1. The number of fused-ring (bicyclic) bond motifs is 1. The predicted molar refractivity (Wildman–Crippen MR) is 62.9 cm³/mol. The van der Waals surface area contributed by atoms with Crippen molar-refractivity contribution in [2.45, 2.75) is 12.5 Å². The van der Waals surface area contributed by atoms with E-state index in [9.17, 15) is 4.79 Å². The van der Waals surface area contributed by atoms with E-state index in [-0.39, 0.29) is 12.0 Å². The van der Waals surface area contributed by atoms with Crippen molar-refractivity contribution in [3.63, 3.8) is 0 Å². The van der Waals surface area contributed by atoms with Crippen molar-refractivity contribution in [2.75, 3.05) is 25.1 Å². The Morgan fingerprint density at radius 2 is 2.47 bits per heavy atom. The van der Waals surface area contributed by atoms with Gasteiger partial charge in [0.1, 0.15) is 11.1 Å². The maximum atomic E-state index is 12.1. The van der Waals surface area contributed by atoms with Crippen LogP contribution in [0.2, 0.25) is 0 Å². The summed E-state index contributed by atoms with van der Waals surface area (Å²) in [5.41, 5.74) is 1.70. The van der Waals surface area contributed by atoms with E-state index in [1.54, 1.807) is 11.7 Å². The van der Waals surface area contributed by atoms with E-state index in [1.807, 2.05) is 0 Å². The molecule has 0 aliphatic carbocycles. The standard InChI is InChI=1S/C11H14N2O3S/c14-11(13-9-3-12-6-17-9)10-8-1-2-15-4-7(8)5-16-10/h3,6-8,10H,1-2,4-5H2,(H,13,14)/t7-,8-,10+/m0/s1. The van der Waals surface area contributed by atoms with E-state index in [0.717, 1.165) is 24.6 Å². The zero-order valence-corrected chi connectivity index (χ0v) is 10.1. The summed E-state index contributed by atoms with van der Waals surface area (Å²) in [6, 6.07) is 0. The molecule has 1 aromatic rings. The quantitative estimate of drug-likeness (QED) is 0.859. The molecular weight excluding hydrogens is 240 g/mol. The Balaban J connectivity index is 1.66. The minimum atomic E-state index is -0.328. The first-order valence-corrected chi connectivity index (χ1v) is 6.61. The lowest BCUT2D eigenvalue weighted by Gasteiger charge is -2.26. The van der Waals surface area contributed by atoms with Crippen molar-refractivity contribution in [3.8, 4) is 0 Å². The fourth-order valence-corrected chi connectivity index (χ4v) is 2.99. The highest BCUT2D eigenvalue weighted by Gasteiger charge is 2.42. The molecule has 2 aliphatic heterocycles. The number of carbonyl (C=O) groups excluding carboxylic acids is 1. The molecule has 92 valence electrons. The zero-order chi connectivity index (χ0) is 11.7. The second kappa shape index (κ2) is 4.72. The Kier molecular flexibility index (Phi) is 3.09. The lowest BCUT2D eigenvalue weighted by atomic mass is 9.87. The number of hydrogen-bond donors (Lipinski definition) is 1. The van der Waals surface area contributed by atoms with Gasteiger partial charge in [0.05, 0.1) is 24.9 Å². The third-order valence-electron chi connectivity index (χ3n) is 3.35. The van der Waals surface area contributed by atoms with Gasteiger partial charge >= 0.3 is 0 Å². The minimum Gasteiger partial charge on any atom is -0.381 e. The van der Waals surface area contributed by atoms with Gasteiger partial charge in [0, 0.05) is 18.4 Å². The summed E-state index contributed by atoms with van der Waals surface area (Å²) in [4.78, 5) is 16.0. The average molecular weight is 254 g/mol. The second-order valence-electron chi connectivity index (χ2n) is 4.40.